The van der Waals surface area contributed by atoms with E-state index in [0.717, 1.165) is 18.5 Å². The predicted octanol–water partition coefficient (Wildman–Crippen LogP) is 1.15. The van der Waals surface area contributed by atoms with E-state index in [4.69, 9.17) is 4.42 Å². The van der Waals surface area contributed by atoms with Crippen molar-refractivity contribution in [2.75, 3.05) is 13.1 Å². The molecule has 0 spiro atoms. The zero-order valence-electron chi connectivity index (χ0n) is 11.0. The van der Waals surface area contributed by atoms with E-state index < -0.39 is 0 Å². The van der Waals surface area contributed by atoms with Gasteiger partial charge >= 0.3 is 0 Å². The van der Waals surface area contributed by atoms with Gasteiger partial charge in [-0.1, -0.05) is 13.3 Å². The fraction of sp³-hybridized carbons (Fsp3) is 0.643. The SMILES string of the molecule is C[C@H]1CCC[C@H]([NH2+]CCNC(=O)c2ccco2)C1. The van der Waals surface area contributed by atoms with Gasteiger partial charge in [-0.15, -0.1) is 0 Å². The second-order valence-corrected chi connectivity index (χ2v) is 5.29. The second-order valence-electron chi connectivity index (χ2n) is 5.29. The molecule has 0 aliphatic heterocycles. The third-order valence-electron chi connectivity index (χ3n) is 3.65. The van der Waals surface area contributed by atoms with Gasteiger partial charge in [0.2, 0.25) is 0 Å². The van der Waals surface area contributed by atoms with E-state index in [-0.39, 0.29) is 5.91 Å². The Bertz CT molecular complexity index is 362. The number of hydrogen-bond acceptors (Lipinski definition) is 2. The van der Waals surface area contributed by atoms with Crippen molar-refractivity contribution in [1.82, 2.24) is 5.32 Å². The summed E-state index contributed by atoms with van der Waals surface area (Å²) >= 11 is 0. The predicted molar refractivity (Wildman–Crippen MR) is 69.3 cm³/mol. The monoisotopic (exact) mass is 251 g/mol. The lowest BCUT2D eigenvalue weighted by molar-refractivity contribution is -0.690. The topological polar surface area (TPSA) is 58.9 Å². The molecular weight excluding hydrogens is 228 g/mol. The van der Waals surface area contributed by atoms with E-state index in [1.807, 2.05) is 0 Å². The first-order valence-electron chi connectivity index (χ1n) is 6.90. The van der Waals surface area contributed by atoms with E-state index in [1.165, 1.54) is 31.9 Å². The summed E-state index contributed by atoms with van der Waals surface area (Å²) in [5.74, 6) is 1.13. The number of quaternary nitrogens is 1. The molecular formula is C14H23N2O2+. The average molecular weight is 251 g/mol. The molecule has 0 saturated heterocycles. The maximum absolute atomic E-state index is 11.6. The highest BCUT2D eigenvalue weighted by atomic mass is 16.3. The van der Waals surface area contributed by atoms with Gasteiger partial charge in [0, 0.05) is 6.42 Å². The number of rotatable bonds is 5. The normalized spacial score (nSPS) is 23.8. The van der Waals surface area contributed by atoms with Crippen molar-refractivity contribution in [1.29, 1.82) is 0 Å². The van der Waals surface area contributed by atoms with Gasteiger partial charge < -0.3 is 15.1 Å². The van der Waals surface area contributed by atoms with E-state index in [2.05, 4.69) is 17.6 Å². The number of hydrogen-bond donors (Lipinski definition) is 2. The number of amides is 1. The van der Waals surface area contributed by atoms with Crippen LogP contribution >= 0.6 is 0 Å². The summed E-state index contributed by atoms with van der Waals surface area (Å²) in [6, 6.07) is 4.15. The van der Waals surface area contributed by atoms with Crippen LogP contribution < -0.4 is 10.6 Å². The van der Waals surface area contributed by atoms with Crippen LogP contribution in [0.1, 0.15) is 43.2 Å². The smallest absolute Gasteiger partial charge is 0.287 e. The number of carbonyl (C=O) groups excluding carboxylic acids is 1. The summed E-state index contributed by atoms with van der Waals surface area (Å²) in [6.07, 6.45) is 6.87. The first-order chi connectivity index (χ1) is 8.75. The minimum Gasteiger partial charge on any atom is -0.459 e. The van der Waals surface area contributed by atoms with Crippen molar-refractivity contribution >= 4 is 5.91 Å². The van der Waals surface area contributed by atoms with Gasteiger partial charge in [0.25, 0.3) is 5.91 Å². The lowest BCUT2D eigenvalue weighted by atomic mass is 9.87. The van der Waals surface area contributed by atoms with Crippen LogP contribution in [0.5, 0.6) is 0 Å². The maximum atomic E-state index is 11.6. The first kappa shape index (κ1) is 13.1. The van der Waals surface area contributed by atoms with Gasteiger partial charge in [-0.3, -0.25) is 4.79 Å². The maximum Gasteiger partial charge on any atom is 0.287 e. The summed E-state index contributed by atoms with van der Waals surface area (Å²) in [5.41, 5.74) is 0. The van der Waals surface area contributed by atoms with E-state index >= 15 is 0 Å². The third-order valence-corrected chi connectivity index (χ3v) is 3.65. The summed E-state index contributed by atoms with van der Waals surface area (Å²) < 4.78 is 5.03. The molecule has 100 valence electrons. The Morgan fingerprint density at radius 2 is 2.44 bits per heavy atom. The minimum absolute atomic E-state index is 0.120. The standard InChI is InChI=1S/C14H22N2O2/c1-11-4-2-5-12(10-11)15-7-8-16-14(17)13-6-3-9-18-13/h3,6,9,11-12,15H,2,4-5,7-8,10H2,1H3,(H,16,17)/p+1/t11-,12-/m0/s1. The Morgan fingerprint density at radius 1 is 1.56 bits per heavy atom. The Morgan fingerprint density at radius 3 is 3.17 bits per heavy atom. The third kappa shape index (κ3) is 3.88. The molecule has 1 aliphatic carbocycles. The van der Waals surface area contributed by atoms with Crippen molar-refractivity contribution in [2.45, 2.75) is 38.6 Å². The molecule has 4 nitrogen and oxygen atoms in total. The molecule has 2 rings (SSSR count). The number of carbonyl (C=O) groups is 1. The molecule has 1 heterocycles. The molecule has 0 radical (unpaired) electrons. The summed E-state index contributed by atoms with van der Waals surface area (Å²) in [4.78, 5) is 11.6. The van der Waals surface area contributed by atoms with Crippen molar-refractivity contribution in [3.63, 3.8) is 0 Å². The molecule has 1 fully saturated rings. The lowest BCUT2D eigenvalue weighted by Gasteiger charge is -2.24. The molecule has 1 saturated carbocycles. The lowest BCUT2D eigenvalue weighted by Crippen LogP contribution is -2.91. The van der Waals surface area contributed by atoms with Crippen molar-refractivity contribution in [2.24, 2.45) is 5.92 Å². The van der Waals surface area contributed by atoms with Crippen molar-refractivity contribution in [3.8, 4) is 0 Å². The van der Waals surface area contributed by atoms with Gasteiger partial charge in [0.15, 0.2) is 5.76 Å². The Hall–Kier alpha value is -1.29. The number of nitrogens with one attached hydrogen (secondary N) is 1. The van der Waals surface area contributed by atoms with Gasteiger partial charge in [-0.2, -0.15) is 0 Å². The zero-order valence-corrected chi connectivity index (χ0v) is 11.0. The van der Waals surface area contributed by atoms with Gasteiger partial charge in [-0.25, -0.2) is 0 Å². The molecule has 1 aromatic heterocycles. The minimum atomic E-state index is -0.120. The van der Waals surface area contributed by atoms with E-state index in [9.17, 15) is 4.79 Å². The van der Waals surface area contributed by atoms with Crippen LogP contribution in [0.2, 0.25) is 0 Å². The average Bonchev–Trinajstić information content (AvgIpc) is 2.88. The van der Waals surface area contributed by atoms with Crippen molar-refractivity contribution < 1.29 is 14.5 Å². The number of furan rings is 1. The fourth-order valence-corrected chi connectivity index (χ4v) is 2.69. The molecule has 4 heteroatoms. The van der Waals surface area contributed by atoms with Crippen molar-refractivity contribution in [3.05, 3.63) is 24.2 Å². The quantitative estimate of drug-likeness (QED) is 0.771. The fourth-order valence-electron chi connectivity index (χ4n) is 2.69. The van der Waals surface area contributed by atoms with E-state index in [0.29, 0.717) is 12.3 Å². The van der Waals surface area contributed by atoms with Crippen LogP contribution in [0.25, 0.3) is 0 Å². The largest absolute Gasteiger partial charge is 0.459 e. The summed E-state index contributed by atoms with van der Waals surface area (Å²) in [6.45, 7) is 3.98. The molecule has 0 bridgehead atoms. The first-order valence-corrected chi connectivity index (χ1v) is 6.90. The molecule has 1 aromatic rings. The Kier molecular flexibility index (Phi) is 4.81. The molecule has 18 heavy (non-hydrogen) atoms. The molecule has 0 unspecified atom stereocenters. The van der Waals surface area contributed by atoms with Crippen LogP contribution in [-0.2, 0) is 0 Å². The van der Waals surface area contributed by atoms with Gasteiger partial charge in [0.1, 0.15) is 0 Å². The molecule has 3 N–H and O–H groups in total. The highest BCUT2D eigenvalue weighted by Crippen LogP contribution is 2.21. The Balaban J connectivity index is 1.60. The van der Waals surface area contributed by atoms with Crippen LogP contribution in [0.4, 0.5) is 0 Å². The van der Waals surface area contributed by atoms with Crippen LogP contribution in [0.3, 0.4) is 0 Å². The molecule has 1 amide bonds. The highest BCUT2D eigenvalue weighted by molar-refractivity contribution is 5.91. The zero-order chi connectivity index (χ0) is 12.8. The van der Waals surface area contributed by atoms with Crippen LogP contribution in [0, 0.1) is 5.92 Å². The Labute approximate surface area is 108 Å². The number of nitrogens with two attached hydrogens (primary N) is 1. The molecule has 2 atom stereocenters. The van der Waals surface area contributed by atoms with Gasteiger partial charge in [-0.05, 0) is 30.9 Å². The van der Waals surface area contributed by atoms with Crippen LogP contribution in [0.15, 0.2) is 22.8 Å². The summed E-state index contributed by atoms with van der Waals surface area (Å²) in [5, 5.41) is 5.25. The molecule has 1 aliphatic rings. The highest BCUT2D eigenvalue weighted by Gasteiger charge is 2.20. The van der Waals surface area contributed by atoms with E-state index in [1.54, 1.807) is 12.1 Å². The van der Waals surface area contributed by atoms with Gasteiger partial charge in [0.05, 0.1) is 25.4 Å². The summed E-state index contributed by atoms with van der Waals surface area (Å²) in [7, 11) is 0. The second kappa shape index (κ2) is 6.59. The van der Waals surface area contributed by atoms with Crippen LogP contribution in [-0.4, -0.2) is 25.0 Å². The molecule has 0 aromatic carbocycles.